The molecule has 0 fully saturated rings. The first-order valence-corrected chi connectivity index (χ1v) is 7.59. The molecular weight excluding hydrogens is 272 g/mol. The third-order valence-electron chi connectivity index (χ3n) is 3.12. The Hall–Kier alpha value is -1.84. The minimum atomic E-state index is 0.133. The van der Waals surface area contributed by atoms with Gasteiger partial charge in [0.2, 0.25) is 0 Å². The lowest BCUT2D eigenvalue weighted by Gasteiger charge is -2.16. The third kappa shape index (κ3) is 5.88. The number of aromatic nitrogens is 4. The first-order chi connectivity index (χ1) is 10.00. The Kier molecular flexibility index (Phi) is 5.75. The zero-order chi connectivity index (χ0) is 17.0. The maximum absolute atomic E-state index is 4.33. The SMILES string of the molecule is Cc1cc(C(C)(C)C)ncn1.Cc1nccc(C(C)(C)C)n1. The highest BCUT2D eigenvalue weighted by Crippen LogP contribution is 2.19. The van der Waals surface area contributed by atoms with E-state index in [0.29, 0.717) is 0 Å². The van der Waals surface area contributed by atoms with Gasteiger partial charge in [-0.05, 0) is 26.0 Å². The van der Waals surface area contributed by atoms with Crippen LogP contribution >= 0.6 is 0 Å². The van der Waals surface area contributed by atoms with Gasteiger partial charge in [0.25, 0.3) is 0 Å². The van der Waals surface area contributed by atoms with Crippen molar-refractivity contribution in [2.24, 2.45) is 0 Å². The first-order valence-electron chi connectivity index (χ1n) is 7.59. The molecule has 0 saturated carbocycles. The van der Waals surface area contributed by atoms with Gasteiger partial charge >= 0.3 is 0 Å². The van der Waals surface area contributed by atoms with Crippen LogP contribution in [0.4, 0.5) is 0 Å². The van der Waals surface area contributed by atoms with Crippen LogP contribution in [-0.4, -0.2) is 19.9 Å². The van der Waals surface area contributed by atoms with Gasteiger partial charge in [0.15, 0.2) is 0 Å². The minimum absolute atomic E-state index is 0.133. The molecule has 0 amide bonds. The number of nitrogens with zero attached hydrogens (tertiary/aromatic N) is 4. The Morgan fingerprint density at radius 1 is 0.773 bits per heavy atom. The Morgan fingerprint density at radius 3 is 1.73 bits per heavy atom. The molecule has 2 aromatic rings. The topological polar surface area (TPSA) is 51.6 Å². The van der Waals surface area contributed by atoms with Crippen molar-refractivity contribution < 1.29 is 0 Å². The molecule has 0 aliphatic rings. The third-order valence-corrected chi connectivity index (χ3v) is 3.12. The van der Waals surface area contributed by atoms with Crippen LogP contribution < -0.4 is 0 Å². The maximum Gasteiger partial charge on any atom is 0.125 e. The molecule has 2 rings (SSSR count). The number of hydrogen-bond donors (Lipinski definition) is 0. The highest BCUT2D eigenvalue weighted by atomic mass is 14.9. The van der Waals surface area contributed by atoms with Crippen LogP contribution in [0, 0.1) is 13.8 Å². The fourth-order valence-electron chi connectivity index (χ4n) is 1.74. The summed E-state index contributed by atoms with van der Waals surface area (Å²) < 4.78 is 0. The monoisotopic (exact) mass is 300 g/mol. The molecule has 0 radical (unpaired) electrons. The second kappa shape index (κ2) is 6.95. The molecule has 120 valence electrons. The zero-order valence-electron chi connectivity index (χ0n) is 15.1. The predicted octanol–water partition coefficient (Wildman–Crippen LogP) is 4.17. The van der Waals surface area contributed by atoms with Crippen LogP contribution in [0.2, 0.25) is 0 Å². The summed E-state index contributed by atoms with van der Waals surface area (Å²) >= 11 is 0. The summed E-state index contributed by atoms with van der Waals surface area (Å²) in [5, 5.41) is 0. The lowest BCUT2D eigenvalue weighted by atomic mass is 9.92. The highest BCUT2D eigenvalue weighted by Gasteiger charge is 2.15. The Bertz CT molecular complexity index is 551. The van der Waals surface area contributed by atoms with Gasteiger partial charge in [-0.25, -0.2) is 19.9 Å². The molecule has 0 unspecified atom stereocenters. The molecule has 4 nitrogen and oxygen atoms in total. The van der Waals surface area contributed by atoms with Crippen molar-refractivity contribution >= 4 is 0 Å². The normalized spacial score (nSPS) is 11.6. The Morgan fingerprint density at radius 2 is 1.36 bits per heavy atom. The van der Waals surface area contributed by atoms with Gasteiger partial charge in [0, 0.05) is 34.1 Å². The van der Waals surface area contributed by atoms with Gasteiger partial charge in [-0.2, -0.15) is 0 Å². The van der Waals surface area contributed by atoms with E-state index >= 15 is 0 Å². The van der Waals surface area contributed by atoms with Crippen molar-refractivity contribution in [3.8, 4) is 0 Å². The molecule has 0 saturated heterocycles. The van der Waals surface area contributed by atoms with Gasteiger partial charge in [0.05, 0.1) is 0 Å². The fraction of sp³-hybridized carbons (Fsp3) is 0.556. The summed E-state index contributed by atoms with van der Waals surface area (Å²) in [6, 6.07) is 3.99. The van der Waals surface area contributed by atoms with E-state index in [2.05, 4.69) is 61.5 Å². The standard InChI is InChI=1S/2C9H14N2/c1-7-5-8(9(2,3)4)11-6-10-7;1-7-10-6-5-8(11-7)9(2,3)4/h2*5-6H,1-4H3. The quantitative estimate of drug-likeness (QED) is 0.733. The van der Waals surface area contributed by atoms with E-state index < -0.39 is 0 Å². The molecule has 22 heavy (non-hydrogen) atoms. The predicted molar refractivity (Wildman–Crippen MR) is 90.9 cm³/mol. The number of aryl methyl sites for hydroxylation is 2. The maximum atomic E-state index is 4.33. The Balaban J connectivity index is 0.000000220. The molecule has 0 N–H and O–H groups in total. The van der Waals surface area contributed by atoms with Crippen LogP contribution in [0.1, 0.15) is 64.4 Å². The van der Waals surface area contributed by atoms with E-state index in [1.54, 1.807) is 6.33 Å². The number of hydrogen-bond acceptors (Lipinski definition) is 4. The van der Waals surface area contributed by atoms with Crippen molar-refractivity contribution in [2.45, 2.75) is 66.2 Å². The molecule has 0 atom stereocenters. The molecule has 2 aromatic heterocycles. The Labute approximate surface area is 134 Å². The minimum Gasteiger partial charge on any atom is -0.242 e. The van der Waals surface area contributed by atoms with E-state index in [4.69, 9.17) is 0 Å². The van der Waals surface area contributed by atoms with Crippen molar-refractivity contribution in [3.05, 3.63) is 47.6 Å². The highest BCUT2D eigenvalue weighted by molar-refractivity contribution is 5.14. The van der Waals surface area contributed by atoms with Crippen LogP contribution in [0.25, 0.3) is 0 Å². The average molecular weight is 300 g/mol. The van der Waals surface area contributed by atoms with Crippen LogP contribution in [0.15, 0.2) is 24.7 Å². The molecule has 0 aliphatic carbocycles. The molecule has 2 heterocycles. The zero-order valence-corrected chi connectivity index (χ0v) is 15.1. The summed E-state index contributed by atoms with van der Waals surface area (Å²) in [4.78, 5) is 16.6. The molecule has 0 aromatic carbocycles. The molecule has 0 aliphatic heterocycles. The molecule has 0 bridgehead atoms. The van der Waals surface area contributed by atoms with Gasteiger partial charge in [-0.3, -0.25) is 0 Å². The molecule has 0 spiro atoms. The first kappa shape index (κ1) is 18.2. The van der Waals surface area contributed by atoms with Crippen LogP contribution in [0.3, 0.4) is 0 Å². The number of rotatable bonds is 0. The van der Waals surface area contributed by atoms with Crippen molar-refractivity contribution in [1.29, 1.82) is 0 Å². The lowest BCUT2D eigenvalue weighted by molar-refractivity contribution is 0.564. The summed E-state index contributed by atoms with van der Waals surface area (Å²) in [6.07, 6.45) is 3.43. The molecule has 4 heteroatoms. The summed E-state index contributed by atoms with van der Waals surface area (Å²) in [7, 11) is 0. The summed E-state index contributed by atoms with van der Waals surface area (Å²) in [5.41, 5.74) is 3.50. The smallest absolute Gasteiger partial charge is 0.125 e. The van der Waals surface area contributed by atoms with Gasteiger partial charge in [-0.15, -0.1) is 0 Å². The van der Waals surface area contributed by atoms with E-state index in [1.165, 1.54) is 0 Å². The van der Waals surface area contributed by atoms with Crippen LogP contribution in [-0.2, 0) is 10.8 Å². The van der Waals surface area contributed by atoms with E-state index in [0.717, 1.165) is 22.9 Å². The second-order valence-corrected chi connectivity index (χ2v) is 7.53. The molecular formula is C18H28N4. The largest absolute Gasteiger partial charge is 0.242 e. The fourth-order valence-corrected chi connectivity index (χ4v) is 1.74. The second-order valence-electron chi connectivity index (χ2n) is 7.53. The van der Waals surface area contributed by atoms with E-state index in [-0.39, 0.29) is 10.8 Å². The van der Waals surface area contributed by atoms with Gasteiger partial charge in [-0.1, -0.05) is 41.5 Å². The van der Waals surface area contributed by atoms with Crippen molar-refractivity contribution in [1.82, 2.24) is 19.9 Å². The summed E-state index contributed by atoms with van der Waals surface area (Å²) in [5.74, 6) is 0.845. The van der Waals surface area contributed by atoms with Gasteiger partial charge < -0.3 is 0 Å². The average Bonchev–Trinajstić information content (AvgIpc) is 2.37. The van der Waals surface area contributed by atoms with E-state index in [1.807, 2.05) is 32.2 Å². The van der Waals surface area contributed by atoms with Crippen molar-refractivity contribution in [2.75, 3.05) is 0 Å². The summed E-state index contributed by atoms with van der Waals surface area (Å²) in [6.45, 7) is 16.8. The van der Waals surface area contributed by atoms with Crippen LogP contribution in [0.5, 0.6) is 0 Å². The van der Waals surface area contributed by atoms with E-state index in [9.17, 15) is 0 Å². The van der Waals surface area contributed by atoms with Crippen molar-refractivity contribution in [3.63, 3.8) is 0 Å². The lowest BCUT2D eigenvalue weighted by Crippen LogP contribution is -2.14. The van der Waals surface area contributed by atoms with Gasteiger partial charge in [0.1, 0.15) is 12.2 Å².